The molecule has 23 heavy (non-hydrogen) atoms. The number of Topliss-reactive ketones (excluding diaryl/α,β-unsaturated/α-hetero) is 1. The number of hydrogen-bond acceptors (Lipinski definition) is 4. The third kappa shape index (κ3) is 6.02. The average molecular weight is 318 g/mol. The molecule has 0 radical (unpaired) electrons. The van der Waals surface area contributed by atoms with Gasteiger partial charge < -0.3 is 15.4 Å². The monoisotopic (exact) mass is 318 g/mol. The Morgan fingerprint density at radius 3 is 2.70 bits per heavy atom. The van der Waals surface area contributed by atoms with E-state index in [2.05, 4.69) is 17.6 Å². The van der Waals surface area contributed by atoms with Crippen molar-refractivity contribution in [1.29, 1.82) is 0 Å². The Morgan fingerprint density at radius 1 is 1.30 bits per heavy atom. The highest BCUT2D eigenvalue weighted by Gasteiger charge is 2.19. The van der Waals surface area contributed by atoms with Crippen LogP contribution in [0.5, 0.6) is 5.75 Å². The van der Waals surface area contributed by atoms with Gasteiger partial charge in [-0.15, -0.1) is 0 Å². The number of nitrogens with one attached hydrogen (secondary N) is 2. The molecule has 1 aliphatic rings. The predicted octanol–water partition coefficient (Wildman–Crippen LogP) is 2.30. The highest BCUT2D eigenvalue weighted by molar-refractivity contribution is 5.94. The summed E-state index contributed by atoms with van der Waals surface area (Å²) in [6.45, 7) is 5.14. The number of ether oxygens (including phenoxy) is 1. The van der Waals surface area contributed by atoms with Gasteiger partial charge in [0, 0.05) is 24.1 Å². The molecule has 2 N–H and O–H groups in total. The lowest BCUT2D eigenvalue weighted by Gasteiger charge is -2.28. The summed E-state index contributed by atoms with van der Waals surface area (Å²) in [7, 11) is 0. The van der Waals surface area contributed by atoms with Gasteiger partial charge in [0.2, 0.25) is 5.91 Å². The van der Waals surface area contributed by atoms with Crippen LogP contribution in [0.3, 0.4) is 0 Å². The summed E-state index contributed by atoms with van der Waals surface area (Å²) < 4.78 is 5.60. The molecule has 1 heterocycles. The summed E-state index contributed by atoms with van der Waals surface area (Å²) in [5.74, 6) is 0.864. The molecule has 5 heteroatoms. The van der Waals surface area contributed by atoms with Crippen LogP contribution in [0.15, 0.2) is 24.3 Å². The van der Waals surface area contributed by atoms with Crippen molar-refractivity contribution in [3.63, 3.8) is 0 Å². The number of ketones is 1. The zero-order chi connectivity index (χ0) is 16.7. The lowest BCUT2D eigenvalue weighted by Crippen LogP contribution is -2.46. The van der Waals surface area contributed by atoms with E-state index in [1.807, 2.05) is 0 Å². The molecule has 1 aromatic carbocycles. The summed E-state index contributed by atoms with van der Waals surface area (Å²) in [4.78, 5) is 23.1. The van der Waals surface area contributed by atoms with Crippen molar-refractivity contribution in [3.8, 4) is 5.75 Å². The molecule has 2 atom stereocenters. The third-order valence-electron chi connectivity index (χ3n) is 4.07. The first-order chi connectivity index (χ1) is 11.0. The molecular weight excluding hydrogens is 292 g/mol. The SMILES string of the molecule is CC(=O)c1ccc(OCCCC(=O)NC2CCNC(C)C2)cc1. The Kier molecular flexibility index (Phi) is 6.59. The minimum Gasteiger partial charge on any atom is -0.494 e. The van der Waals surface area contributed by atoms with Crippen LogP contribution in [0.4, 0.5) is 0 Å². The quantitative estimate of drug-likeness (QED) is 0.598. The fourth-order valence-corrected chi connectivity index (χ4v) is 2.77. The van der Waals surface area contributed by atoms with Crippen LogP contribution in [-0.2, 0) is 4.79 Å². The molecule has 1 amide bonds. The minimum atomic E-state index is 0.0421. The first-order valence-corrected chi connectivity index (χ1v) is 8.31. The molecule has 0 aromatic heterocycles. The number of hydrogen-bond donors (Lipinski definition) is 2. The van der Waals surface area contributed by atoms with Crippen LogP contribution in [0.25, 0.3) is 0 Å². The maximum Gasteiger partial charge on any atom is 0.220 e. The summed E-state index contributed by atoms with van der Waals surface area (Å²) in [6, 6.07) is 7.83. The fourth-order valence-electron chi connectivity index (χ4n) is 2.77. The van der Waals surface area contributed by atoms with Gasteiger partial charge in [0.05, 0.1) is 6.61 Å². The highest BCUT2D eigenvalue weighted by atomic mass is 16.5. The van der Waals surface area contributed by atoms with E-state index in [1.165, 1.54) is 6.92 Å². The number of piperidine rings is 1. The lowest BCUT2D eigenvalue weighted by atomic mass is 10.0. The van der Waals surface area contributed by atoms with E-state index >= 15 is 0 Å². The topological polar surface area (TPSA) is 67.4 Å². The Labute approximate surface area is 137 Å². The van der Waals surface area contributed by atoms with Gasteiger partial charge in [-0.3, -0.25) is 9.59 Å². The first kappa shape index (κ1) is 17.5. The lowest BCUT2D eigenvalue weighted by molar-refractivity contribution is -0.122. The molecule has 0 saturated carbocycles. The maximum atomic E-state index is 11.9. The van der Waals surface area contributed by atoms with E-state index in [4.69, 9.17) is 4.74 Å². The van der Waals surface area contributed by atoms with Crippen LogP contribution < -0.4 is 15.4 Å². The Morgan fingerprint density at radius 2 is 2.04 bits per heavy atom. The van der Waals surface area contributed by atoms with Gasteiger partial charge in [-0.05, 0) is 63.9 Å². The van der Waals surface area contributed by atoms with Crippen LogP contribution in [0.1, 0.15) is 49.9 Å². The largest absolute Gasteiger partial charge is 0.494 e. The highest BCUT2D eigenvalue weighted by Crippen LogP contribution is 2.13. The van der Waals surface area contributed by atoms with Gasteiger partial charge in [0.25, 0.3) is 0 Å². The average Bonchev–Trinajstić information content (AvgIpc) is 2.52. The summed E-state index contributed by atoms with van der Waals surface area (Å²) in [6.07, 6.45) is 3.14. The van der Waals surface area contributed by atoms with Crippen molar-refractivity contribution in [2.45, 2.75) is 51.6 Å². The molecule has 1 aliphatic heterocycles. The van der Waals surface area contributed by atoms with E-state index in [-0.39, 0.29) is 11.7 Å². The first-order valence-electron chi connectivity index (χ1n) is 8.31. The molecule has 2 rings (SSSR count). The summed E-state index contributed by atoms with van der Waals surface area (Å²) >= 11 is 0. The zero-order valence-corrected chi connectivity index (χ0v) is 13.9. The van der Waals surface area contributed by atoms with Crippen LogP contribution in [0, 0.1) is 0 Å². The normalized spacial score (nSPS) is 20.8. The van der Waals surface area contributed by atoms with Gasteiger partial charge in [0.1, 0.15) is 5.75 Å². The van der Waals surface area contributed by atoms with Crippen molar-refractivity contribution in [2.75, 3.05) is 13.2 Å². The maximum absolute atomic E-state index is 11.9. The van der Waals surface area contributed by atoms with Crippen molar-refractivity contribution >= 4 is 11.7 Å². The van der Waals surface area contributed by atoms with Gasteiger partial charge in [-0.25, -0.2) is 0 Å². The second kappa shape index (κ2) is 8.67. The van der Waals surface area contributed by atoms with Gasteiger partial charge >= 0.3 is 0 Å². The van der Waals surface area contributed by atoms with Gasteiger partial charge in [-0.2, -0.15) is 0 Å². The molecule has 126 valence electrons. The smallest absolute Gasteiger partial charge is 0.220 e. The van der Waals surface area contributed by atoms with Crippen LogP contribution in [0.2, 0.25) is 0 Å². The number of amides is 1. The standard InChI is InChI=1S/C18H26N2O3/c1-13-12-16(9-10-19-13)20-18(22)4-3-11-23-17-7-5-15(6-8-17)14(2)21/h5-8,13,16,19H,3-4,9-12H2,1-2H3,(H,20,22). The van der Waals surface area contributed by atoms with Crippen LogP contribution in [-0.4, -0.2) is 36.9 Å². The number of carbonyl (C=O) groups excluding carboxylic acids is 2. The van der Waals surface area contributed by atoms with Crippen molar-refractivity contribution in [1.82, 2.24) is 10.6 Å². The Balaban J connectivity index is 1.62. The second-order valence-electron chi connectivity index (χ2n) is 6.18. The van der Waals surface area contributed by atoms with E-state index in [1.54, 1.807) is 24.3 Å². The van der Waals surface area contributed by atoms with Crippen molar-refractivity contribution < 1.29 is 14.3 Å². The summed E-state index contributed by atoms with van der Waals surface area (Å²) in [5, 5.41) is 6.47. The molecule has 5 nitrogen and oxygen atoms in total. The van der Waals surface area contributed by atoms with Crippen LogP contribution >= 0.6 is 0 Å². The fraction of sp³-hybridized carbons (Fsp3) is 0.556. The molecule has 0 spiro atoms. The molecule has 0 bridgehead atoms. The van der Waals surface area contributed by atoms with Crippen molar-refractivity contribution in [3.05, 3.63) is 29.8 Å². The number of benzene rings is 1. The summed E-state index contributed by atoms with van der Waals surface area (Å²) in [5.41, 5.74) is 0.674. The predicted molar refractivity (Wildman–Crippen MR) is 89.8 cm³/mol. The van der Waals surface area contributed by atoms with E-state index < -0.39 is 0 Å². The van der Waals surface area contributed by atoms with Gasteiger partial charge in [-0.1, -0.05) is 0 Å². The third-order valence-corrected chi connectivity index (χ3v) is 4.07. The molecule has 1 fully saturated rings. The minimum absolute atomic E-state index is 0.0421. The Hall–Kier alpha value is -1.88. The molecule has 0 aliphatic carbocycles. The van der Waals surface area contributed by atoms with Gasteiger partial charge in [0.15, 0.2) is 5.78 Å². The molecule has 1 aromatic rings. The molecule has 1 saturated heterocycles. The molecular formula is C18H26N2O3. The Bertz CT molecular complexity index is 528. The molecule has 2 unspecified atom stereocenters. The van der Waals surface area contributed by atoms with E-state index in [0.29, 0.717) is 37.1 Å². The number of carbonyl (C=O) groups is 2. The van der Waals surface area contributed by atoms with Crippen molar-refractivity contribution in [2.24, 2.45) is 0 Å². The number of rotatable bonds is 7. The zero-order valence-electron chi connectivity index (χ0n) is 13.9. The van der Waals surface area contributed by atoms with E-state index in [0.717, 1.165) is 25.1 Å². The second-order valence-corrected chi connectivity index (χ2v) is 6.18. The van der Waals surface area contributed by atoms with E-state index in [9.17, 15) is 9.59 Å².